The maximum Gasteiger partial charge on any atom is 0.409 e. The molecule has 0 aromatic carbocycles. The van der Waals surface area contributed by atoms with E-state index in [9.17, 15) is 18.0 Å². The highest BCUT2D eigenvalue weighted by Gasteiger charge is 2.34. The smallest absolute Gasteiger partial charge is 0.409 e. The number of carbonyl (C=O) groups is 2. The normalized spacial score (nSPS) is 23.0. The molecule has 0 aromatic heterocycles. The van der Waals surface area contributed by atoms with Gasteiger partial charge in [0.15, 0.2) is 0 Å². The Bertz CT molecular complexity index is 585. The molecule has 2 rings (SSSR count). The molecule has 2 aliphatic rings. The van der Waals surface area contributed by atoms with Crippen molar-refractivity contribution in [1.29, 1.82) is 0 Å². The van der Waals surface area contributed by atoms with E-state index >= 15 is 0 Å². The fourth-order valence-electron chi connectivity index (χ4n) is 3.14. The van der Waals surface area contributed by atoms with E-state index in [1.54, 1.807) is 9.80 Å². The molecule has 2 saturated heterocycles. The van der Waals surface area contributed by atoms with E-state index in [-0.39, 0.29) is 30.4 Å². The third-order valence-corrected chi connectivity index (χ3v) is 5.86. The van der Waals surface area contributed by atoms with Crippen LogP contribution in [-0.2, 0) is 19.6 Å². The summed E-state index contributed by atoms with van der Waals surface area (Å²) in [5.41, 5.74) is 0. The Labute approximate surface area is 150 Å². The number of amides is 2. The minimum Gasteiger partial charge on any atom is -0.449 e. The lowest BCUT2D eigenvalue weighted by Crippen LogP contribution is -2.54. The van der Waals surface area contributed by atoms with Gasteiger partial charge in [0.1, 0.15) is 0 Å². The molecular formula is C16H29N3O5S. The van der Waals surface area contributed by atoms with Gasteiger partial charge in [0.2, 0.25) is 15.9 Å². The fourth-order valence-corrected chi connectivity index (χ4v) is 4.05. The molecule has 0 saturated carbocycles. The molecule has 0 radical (unpaired) electrons. The molecule has 2 fully saturated rings. The highest BCUT2D eigenvalue weighted by Crippen LogP contribution is 2.21. The van der Waals surface area contributed by atoms with Crippen LogP contribution in [0.15, 0.2) is 0 Å². The molecule has 0 N–H and O–H groups in total. The van der Waals surface area contributed by atoms with Crippen LogP contribution < -0.4 is 0 Å². The van der Waals surface area contributed by atoms with Crippen LogP contribution in [0.1, 0.15) is 26.7 Å². The number of ether oxygens (including phenoxy) is 1. The topological polar surface area (TPSA) is 87.2 Å². The molecular weight excluding hydrogens is 346 g/mol. The lowest BCUT2D eigenvalue weighted by Gasteiger charge is -2.38. The van der Waals surface area contributed by atoms with Gasteiger partial charge in [0.25, 0.3) is 0 Å². The van der Waals surface area contributed by atoms with Crippen molar-refractivity contribution >= 4 is 22.0 Å². The number of piperidine rings is 1. The monoisotopic (exact) mass is 375 g/mol. The molecule has 25 heavy (non-hydrogen) atoms. The van der Waals surface area contributed by atoms with E-state index in [0.29, 0.717) is 52.2 Å². The van der Waals surface area contributed by atoms with Crippen molar-refractivity contribution < 1.29 is 22.7 Å². The van der Waals surface area contributed by atoms with Gasteiger partial charge in [0.05, 0.1) is 18.8 Å². The number of piperazine rings is 1. The van der Waals surface area contributed by atoms with Gasteiger partial charge in [-0.1, -0.05) is 13.8 Å². The summed E-state index contributed by atoms with van der Waals surface area (Å²) in [5.74, 6) is -0.0117. The minimum atomic E-state index is -3.26. The Balaban J connectivity index is 1.83. The van der Waals surface area contributed by atoms with Crippen LogP contribution in [-0.4, -0.2) is 86.7 Å². The summed E-state index contributed by atoms with van der Waals surface area (Å²) >= 11 is 0. The lowest BCUT2D eigenvalue weighted by atomic mass is 9.98. The van der Waals surface area contributed by atoms with Gasteiger partial charge in [0, 0.05) is 39.3 Å². The van der Waals surface area contributed by atoms with Crippen molar-refractivity contribution in [3.8, 4) is 0 Å². The molecule has 0 spiro atoms. The third kappa shape index (κ3) is 5.57. The molecule has 9 heteroatoms. The van der Waals surface area contributed by atoms with E-state index < -0.39 is 10.0 Å². The van der Waals surface area contributed by atoms with E-state index in [1.165, 1.54) is 10.6 Å². The summed E-state index contributed by atoms with van der Waals surface area (Å²) in [6, 6.07) is 0. The standard InChI is InChI=1S/C16H29N3O5S/c1-13(2)12-24-16(21)18-9-7-17(8-10-18)15(20)14-5-4-6-19(11-14)25(3,22)23/h13-14H,4-12H2,1-3H3. The summed E-state index contributed by atoms with van der Waals surface area (Å²) in [6.45, 7) is 6.92. The van der Waals surface area contributed by atoms with E-state index in [0.717, 1.165) is 0 Å². The third-order valence-electron chi connectivity index (χ3n) is 4.59. The van der Waals surface area contributed by atoms with Crippen LogP contribution >= 0.6 is 0 Å². The van der Waals surface area contributed by atoms with Gasteiger partial charge in [-0.3, -0.25) is 4.79 Å². The van der Waals surface area contributed by atoms with Gasteiger partial charge < -0.3 is 14.5 Å². The van der Waals surface area contributed by atoms with Crippen molar-refractivity contribution in [2.24, 2.45) is 11.8 Å². The van der Waals surface area contributed by atoms with Crippen LogP contribution in [0.3, 0.4) is 0 Å². The SMILES string of the molecule is CC(C)COC(=O)N1CCN(C(=O)C2CCCN(S(C)(=O)=O)C2)CC1. The first-order valence-electron chi connectivity index (χ1n) is 8.84. The van der Waals surface area contributed by atoms with Crippen LogP contribution in [0.4, 0.5) is 4.79 Å². The summed E-state index contributed by atoms with van der Waals surface area (Å²) in [6.07, 6.45) is 2.26. The molecule has 2 aliphatic heterocycles. The molecule has 0 bridgehead atoms. The second-order valence-electron chi connectivity index (χ2n) is 7.24. The number of hydrogen-bond acceptors (Lipinski definition) is 5. The van der Waals surface area contributed by atoms with Gasteiger partial charge >= 0.3 is 6.09 Å². The quantitative estimate of drug-likeness (QED) is 0.718. The zero-order chi connectivity index (χ0) is 18.6. The van der Waals surface area contributed by atoms with Crippen molar-refractivity contribution in [3.63, 3.8) is 0 Å². The van der Waals surface area contributed by atoms with Crippen molar-refractivity contribution in [2.75, 3.05) is 52.1 Å². The van der Waals surface area contributed by atoms with Gasteiger partial charge in [-0.05, 0) is 18.8 Å². The first kappa shape index (κ1) is 20.0. The molecule has 144 valence electrons. The number of carbonyl (C=O) groups excluding carboxylic acids is 2. The summed E-state index contributed by atoms with van der Waals surface area (Å²) in [4.78, 5) is 28.0. The number of sulfonamides is 1. The van der Waals surface area contributed by atoms with Crippen molar-refractivity contribution in [1.82, 2.24) is 14.1 Å². The first-order chi connectivity index (χ1) is 11.7. The van der Waals surface area contributed by atoms with Crippen LogP contribution in [0.25, 0.3) is 0 Å². The minimum absolute atomic E-state index is 0.0106. The van der Waals surface area contributed by atoms with Crippen LogP contribution in [0.2, 0.25) is 0 Å². The molecule has 2 amide bonds. The maximum atomic E-state index is 12.7. The zero-order valence-electron chi connectivity index (χ0n) is 15.3. The largest absolute Gasteiger partial charge is 0.449 e. The van der Waals surface area contributed by atoms with Gasteiger partial charge in [-0.25, -0.2) is 17.5 Å². The Hall–Kier alpha value is -1.35. The van der Waals surface area contributed by atoms with Crippen molar-refractivity contribution in [2.45, 2.75) is 26.7 Å². The highest BCUT2D eigenvalue weighted by atomic mass is 32.2. The lowest BCUT2D eigenvalue weighted by molar-refractivity contribution is -0.138. The van der Waals surface area contributed by atoms with Gasteiger partial charge in [-0.15, -0.1) is 0 Å². The molecule has 1 atom stereocenters. The fraction of sp³-hybridized carbons (Fsp3) is 0.875. The Morgan fingerprint density at radius 2 is 1.68 bits per heavy atom. The predicted molar refractivity (Wildman–Crippen MR) is 93.5 cm³/mol. The van der Waals surface area contributed by atoms with E-state index in [2.05, 4.69) is 0 Å². The summed E-state index contributed by atoms with van der Waals surface area (Å²) in [7, 11) is -3.26. The Kier molecular flexibility index (Phi) is 6.67. The number of hydrogen-bond donors (Lipinski definition) is 0. The molecule has 0 aliphatic carbocycles. The first-order valence-corrected chi connectivity index (χ1v) is 10.7. The highest BCUT2D eigenvalue weighted by molar-refractivity contribution is 7.88. The summed E-state index contributed by atoms with van der Waals surface area (Å²) < 4.78 is 30.0. The van der Waals surface area contributed by atoms with E-state index in [1.807, 2.05) is 13.8 Å². The maximum absolute atomic E-state index is 12.7. The molecule has 0 aromatic rings. The van der Waals surface area contributed by atoms with Crippen molar-refractivity contribution in [3.05, 3.63) is 0 Å². The second-order valence-corrected chi connectivity index (χ2v) is 9.23. The average molecular weight is 375 g/mol. The van der Waals surface area contributed by atoms with E-state index in [4.69, 9.17) is 4.74 Å². The Morgan fingerprint density at radius 3 is 2.24 bits per heavy atom. The average Bonchev–Trinajstić information content (AvgIpc) is 2.58. The summed E-state index contributed by atoms with van der Waals surface area (Å²) in [5, 5.41) is 0. The van der Waals surface area contributed by atoms with Gasteiger partial charge in [-0.2, -0.15) is 0 Å². The predicted octanol–water partition coefficient (Wildman–Crippen LogP) is 0.595. The number of nitrogens with zero attached hydrogens (tertiary/aromatic N) is 3. The Morgan fingerprint density at radius 1 is 1.08 bits per heavy atom. The second kappa shape index (κ2) is 8.35. The van der Waals surface area contributed by atoms with Crippen LogP contribution in [0.5, 0.6) is 0 Å². The van der Waals surface area contributed by atoms with Crippen LogP contribution in [0, 0.1) is 11.8 Å². The molecule has 2 heterocycles. The zero-order valence-corrected chi connectivity index (χ0v) is 16.1. The molecule has 8 nitrogen and oxygen atoms in total. The number of rotatable bonds is 4. The molecule has 1 unspecified atom stereocenters.